The number of halogens is 2. The van der Waals surface area contributed by atoms with Crippen molar-refractivity contribution in [2.45, 2.75) is 6.92 Å². The summed E-state index contributed by atoms with van der Waals surface area (Å²) in [5.41, 5.74) is 6.23. The molecule has 0 amide bonds. The maximum atomic E-state index is 12.0. The number of benzene rings is 2. The second-order valence-electron chi connectivity index (χ2n) is 4.16. The first-order valence-corrected chi connectivity index (χ1v) is 6.96. The van der Waals surface area contributed by atoms with E-state index in [0.717, 1.165) is 0 Å². The largest absolute Gasteiger partial charge is 0.462 e. The Kier molecular flexibility index (Phi) is 4.94. The van der Waals surface area contributed by atoms with Gasteiger partial charge >= 0.3 is 5.97 Å². The number of hydrogen-bond acceptors (Lipinski definition) is 4. The van der Waals surface area contributed by atoms with Gasteiger partial charge in [-0.05, 0) is 37.3 Å². The molecule has 0 aliphatic carbocycles. The van der Waals surface area contributed by atoms with Crippen LogP contribution in [0.2, 0.25) is 10.0 Å². The van der Waals surface area contributed by atoms with Crippen molar-refractivity contribution in [2.24, 2.45) is 0 Å². The second-order valence-corrected chi connectivity index (χ2v) is 5.00. The van der Waals surface area contributed by atoms with Crippen molar-refractivity contribution < 1.29 is 14.3 Å². The monoisotopic (exact) mass is 325 g/mol. The number of carbonyl (C=O) groups is 1. The van der Waals surface area contributed by atoms with E-state index in [-0.39, 0.29) is 22.9 Å². The third kappa shape index (κ3) is 3.80. The van der Waals surface area contributed by atoms with Crippen molar-refractivity contribution in [1.29, 1.82) is 0 Å². The van der Waals surface area contributed by atoms with Gasteiger partial charge in [0, 0.05) is 10.7 Å². The van der Waals surface area contributed by atoms with E-state index >= 15 is 0 Å². The summed E-state index contributed by atoms with van der Waals surface area (Å²) in [4.78, 5) is 12.0. The number of nitrogen functional groups attached to an aromatic ring is 1. The Hall–Kier alpha value is -1.91. The lowest BCUT2D eigenvalue weighted by Crippen LogP contribution is -2.07. The Morgan fingerprint density at radius 3 is 2.67 bits per heavy atom. The fourth-order valence-electron chi connectivity index (χ4n) is 1.73. The van der Waals surface area contributed by atoms with E-state index in [4.69, 9.17) is 38.4 Å². The van der Waals surface area contributed by atoms with Gasteiger partial charge in [0.25, 0.3) is 0 Å². The SMILES string of the molecule is CCOC(=O)c1cc(N)cc(Cl)c1Oc1cccc(Cl)c1. The Balaban J connectivity index is 2.44. The van der Waals surface area contributed by atoms with E-state index in [2.05, 4.69) is 0 Å². The number of nitrogens with two attached hydrogens (primary N) is 1. The highest BCUT2D eigenvalue weighted by Crippen LogP contribution is 2.36. The Morgan fingerprint density at radius 2 is 2.00 bits per heavy atom. The van der Waals surface area contributed by atoms with Gasteiger partial charge in [0.2, 0.25) is 0 Å². The molecule has 110 valence electrons. The second kappa shape index (κ2) is 6.70. The molecule has 2 aromatic carbocycles. The molecule has 2 aromatic rings. The van der Waals surface area contributed by atoms with Crippen molar-refractivity contribution in [3.8, 4) is 11.5 Å². The van der Waals surface area contributed by atoms with Crippen LogP contribution in [0.5, 0.6) is 11.5 Å². The van der Waals surface area contributed by atoms with Gasteiger partial charge in [-0.1, -0.05) is 29.3 Å². The van der Waals surface area contributed by atoms with Crippen molar-refractivity contribution in [3.63, 3.8) is 0 Å². The summed E-state index contributed by atoms with van der Waals surface area (Å²) >= 11 is 12.0. The lowest BCUT2D eigenvalue weighted by atomic mass is 10.1. The number of ether oxygens (including phenoxy) is 2. The first-order valence-electron chi connectivity index (χ1n) is 6.20. The molecular formula is C15H13Cl2NO3. The summed E-state index contributed by atoms with van der Waals surface area (Å²) in [6.45, 7) is 1.95. The molecule has 0 saturated heterocycles. The smallest absolute Gasteiger partial charge is 0.342 e. The molecular weight excluding hydrogens is 313 g/mol. The number of carbonyl (C=O) groups excluding carboxylic acids is 1. The van der Waals surface area contributed by atoms with Crippen LogP contribution in [0.1, 0.15) is 17.3 Å². The van der Waals surface area contributed by atoms with Gasteiger partial charge in [-0.15, -0.1) is 0 Å². The average Bonchev–Trinajstić information content (AvgIpc) is 2.42. The molecule has 0 unspecified atom stereocenters. The molecule has 0 saturated carbocycles. The van der Waals surface area contributed by atoms with Crippen molar-refractivity contribution in [3.05, 3.63) is 52.0 Å². The van der Waals surface area contributed by atoms with Crippen LogP contribution in [-0.2, 0) is 4.74 Å². The van der Waals surface area contributed by atoms with E-state index in [1.54, 1.807) is 31.2 Å². The summed E-state index contributed by atoms with van der Waals surface area (Å²) in [7, 11) is 0. The molecule has 0 spiro atoms. The van der Waals surface area contributed by atoms with E-state index in [0.29, 0.717) is 16.5 Å². The first kappa shape index (κ1) is 15.5. The molecule has 0 fully saturated rings. The molecule has 0 heterocycles. The fraction of sp³-hybridized carbons (Fsp3) is 0.133. The summed E-state index contributed by atoms with van der Waals surface area (Å²) in [6, 6.07) is 9.72. The first-order chi connectivity index (χ1) is 10.0. The average molecular weight is 326 g/mol. The van der Waals surface area contributed by atoms with Crippen LogP contribution in [0, 0.1) is 0 Å². The van der Waals surface area contributed by atoms with Crippen LogP contribution in [0.25, 0.3) is 0 Å². The Morgan fingerprint density at radius 1 is 1.24 bits per heavy atom. The van der Waals surface area contributed by atoms with E-state index in [9.17, 15) is 4.79 Å². The zero-order valence-corrected chi connectivity index (χ0v) is 12.7. The predicted molar refractivity (Wildman–Crippen MR) is 83.3 cm³/mol. The lowest BCUT2D eigenvalue weighted by molar-refractivity contribution is 0.0523. The van der Waals surface area contributed by atoms with Gasteiger partial charge < -0.3 is 15.2 Å². The quantitative estimate of drug-likeness (QED) is 0.662. The van der Waals surface area contributed by atoms with E-state index in [1.165, 1.54) is 12.1 Å². The summed E-state index contributed by atoms with van der Waals surface area (Å²) in [6.07, 6.45) is 0. The molecule has 21 heavy (non-hydrogen) atoms. The predicted octanol–water partition coefficient (Wildman–Crippen LogP) is 4.54. The molecule has 0 atom stereocenters. The summed E-state index contributed by atoms with van der Waals surface area (Å²) < 4.78 is 10.7. The topological polar surface area (TPSA) is 61.5 Å². The maximum absolute atomic E-state index is 12.0. The Bertz CT molecular complexity index is 674. The molecule has 0 aromatic heterocycles. The standard InChI is InChI=1S/C15H13Cl2NO3/c1-2-20-15(19)12-7-10(18)8-13(17)14(12)21-11-5-3-4-9(16)6-11/h3-8H,2,18H2,1H3. The molecule has 0 aliphatic heterocycles. The molecule has 0 radical (unpaired) electrons. The Labute approximate surface area is 132 Å². The minimum atomic E-state index is -0.552. The third-order valence-corrected chi connectivity index (χ3v) is 3.09. The van der Waals surface area contributed by atoms with Crippen LogP contribution in [0.15, 0.2) is 36.4 Å². The van der Waals surface area contributed by atoms with Crippen LogP contribution in [0.3, 0.4) is 0 Å². The summed E-state index contributed by atoms with van der Waals surface area (Å²) in [5.74, 6) is 0.0926. The minimum Gasteiger partial charge on any atom is -0.462 e. The molecule has 2 N–H and O–H groups in total. The maximum Gasteiger partial charge on any atom is 0.342 e. The lowest BCUT2D eigenvalue weighted by Gasteiger charge is -2.13. The van der Waals surface area contributed by atoms with Gasteiger partial charge in [-0.25, -0.2) is 4.79 Å². The number of rotatable bonds is 4. The van der Waals surface area contributed by atoms with Crippen LogP contribution in [0.4, 0.5) is 5.69 Å². The molecule has 2 rings (SSSR count). The van der Waals surface area contributed by atoms with E-state index in [1.807, 2.05) is 0 Å². The third-order valence-electron chi connectivity index (χ3n) is 2.58. The van der Waals surface area contributed by atoms with Crippen LogP contribution < -0.4 is 10.5 Å². The molecule has 4 nitrogen and oxygen atoms in total. The highest BCUT2D eigenvalue weighted by Gasteiger charge is 2.19. The fourth-order valence-corrected chi connectivity index (χ4v) is 2.17. The number of hydrogen-bond donors (Lipinski definition) is 1. The molecule has 0 aliphatic rings. The highest BCUT2D eigenvalue weighted by molar-refractivity contribution is 6.33. The zero-order chi connectivity index (χ0) is 15.4. The minimum absolute atomic E-state index is 0.168. The van der Waals surface area contributed by atoms with Gasteiger partial charge in [0.05, 0.1) is 11.6 Å². The highest BCUT2D eigenvalue weighted by atomic mass is 35.5. The van der Waals surface area contributed by atoms with Gasteiger partial charge in [0.15, 0.2) is 5.75 Å². The molecule has 0 bridgehead atoms. The zero-order valence-electron chi connectivity index (χ0n) is 11.2. The normalized spacial score (nSPS) is 10.2. The van der Waals surface area contributed by atoms with Crippen molar-refractivity contribution in [1.82, 2.24) is 0 Å². The van der Waals surface area contributed by atoms with Gasteiger partial charge in [-0.2, -0.15) is 0 Å². The summed E-state index contributed by atoms with van der Waals surface area (Å²) in [5, 5.41) is 0.731. The van der Waals surface area contributed by atoms with Gasteiger partial charge in [0.1, 0.15) is 11.3 Å². The molecule has 6 heteroatoms. The van der Waals surface area contributed by atoms with Crippen molar-refractivity contribution >= 4 is 34.9 Å². The van der Waals surface area contributed by atoms with E-state index < -0.39 is 5.97 Å². The number of anilines is 1. The van der Waals surface area contributed by atoms with Gasteiger partial charge in [-0.3, -0.25) is 0 Å². The van der Waals surface area contributed by atoms with Crippen LogP contribution in [-0.4, -0.2) is 12.6 Å². The number of esters is 1. The van der Waals surface area contributed by atoms with Crippen LogP contribution >= 0.6 is 23.2 Å². The van der Waals surface area contributed by atoms with Crippen molar-refractivity contribution in [2.75, 3.05) is 12.3 Å².